The molecule has 0 aliphatic carbocycles. The van der Waals surface area contributed by atoms with Crippen LogP contribution in [0, 0.1) is 6.92 Å². The third-order valence-electron chi connectivity index (χ3n) is 5.74. The predicted octanol–water partition coefficient (Wildman–Crippen LogP) is 4.17. The third kappa shape index (κ3) is 5.42. The molecule has 1 N–H and O–H groups in total. The summed E-state index contributed by atoms with van der Waals surface area (Å²) in [6.07, 6.45) is 0.897. The van der Waals surface area contributed by atoms with Crippen LogP contribution < -0.4 is 9.47 Å². The van der Waals surface area contributed by atoms with Crippen molar-refractivity contribution < 1.29 is 24.2 Å². The Bertz CT molecular complexity index is 1060. The number of hydrogen-bond acceptors (Lipinski definition) is 6. The van der Waals surface area contributed by atoms with Crippen molar-refractivity contribution in [3.63, 3.8) is 0 Å². The molecule has 182 valence electrons. The SMILES string of the molecule is CCCOc1ccc(C2/C(=C(\O)c3ccc(OCC)c(C)c3)C(=O)C(=O)N2CCN(C)C)cc1. The first-order valence-corrected chi connectivity index (χ1v) is 11.7. The van der Waals surface area contributed by atoms with Gasteiger partial charge in [-0.1, -0.05) is 19.1 Å². The third-order valence-corrected chi connectivity index (χ3v) is 5.74. The molecular formula is C27H34N2O5. The van der Waals surface area contributed by atoms with E-state index in [1.54, 1.807) is 18.2 Å². The summed E-state index contributed by atoms with van der Waals surface area (Å²) in [5, 5.41) is 11.3. The monoisotopic (exact) mass is 466 g/mol. The number of likely N-dealkylation sites (tertiary alicyclic amines) is 1. The quantitative estimate of drug-likeness (QED) is 0.322. The van der Waals surface area contributed by atoms with E-state index in [0.29, 0.717) is 37.6 Å². The highest BCUT2D eigenvalue weighted by Crippen LogP contribution is 2.40. The molecule has 1 unspecified atom stereocenters. The summed E-state index contributed by atoms with van der Waals surface area (Å²) in [5.74, 6) is -0.0442. The van der Waals surface area contributed by atoms with Gasteiger partial charge in [0.15, 0.2) is 0 Å². The van der Waals surface area contributed by atoms with Gasteiger partial charge in [-0.2, -0.15) is 0 Å². The summed E-state index contributed by atoms with van der Waals surface area (Å²) in [5.41, 5.74) is 2.14. The molecule has 3 rings (SSSR count). The summed E-state index contributed by atoms with van der Waals surface area (Å²) >= 11 is 0. The van der Waals surface area contributed by atoms with Crippen LogP contribution in [-0.4, -0.2) is 67.0 Å². The summed E-state index contributed by atoms with van der Waals surface area (Å²) in [6, 6.07) is 11.9. The highest BCUT2D eigenvalue weighted by molar-refractivity contribution is 6.46. The summed E-state index contributed by atoms with van der Waals surface area (Å²) < 4.78 is 11.3. The fourth-order valence-corrected chi connectivity index (χ4v) is 4.00. The Balaban J connectivity index is 2.07. The lowest BCUT2D eigenvalue weighted by Crippen LogP contribution is -2.35. The molecule has 34 heavy (non-hydrogen) atoms. The first kappa shape index (κ1) is 25.3. The summed E-state index contributed by atoms with van der Waals surface area (Å²) in [4.78, 5) is 29.7. The normalized spacial score (nSPS) is 17.5. The van der Waals surface area contributed by atoms with Gasteiger partial charge in [0.1, 0.15) is 17.3 Å². The molecule has 1 fully saturated rings. The molecule has 0 saturated carbocycles. The number of hydrogen-bond donors (Lipinski definition) is 1. The Hall–Kier alpha value is -3.32. The van der Waals surface area contributed by atoms with E-state index in [9.17, 15) is 14.7 Å². The summed E-state index contributed by atoms with van der Waals surface area (Å²) in [6.45, 7) is 7.90. The molecule has 1 aliphatic heterocycles. The van der Waals surface area contributed by atoms with Gasteiger partial charge in [-0.25, -0.2) is 0 Å². The van der Waals surface area contributed by atoms with Gasteiger partial charge in [-0.3, -0.25) is 9.59 Å². The van der Waals surface area contributed by atoms with E-state index in [0.717, 1.165) is 23.3 Å². The maximum Gasteiger partial charge on any atom is 0.295 e. The predicted molar refractivity (Wildman–Crippen MR) is 132 cm³/mol. The van der Waals surface area contributed by atoms with Gasteiger partial charge in [0.2, 0.25) is 0 Å². The Kier molecular flexibility index (Phi) is 8.34. The van der Waals surface area contributed by atoms with Gasteiger partial charge < -0.3 is 24.4 Å². The Labute approximate surface area is 201 Å². The zero-order valence-electron chi connectivity index (χ0n) is 20.6. The number of carbonyl (C=O) groups excluding carboxylic acids is 2. The van der Waals surface area contributed by atoms with Gasteiger partial charge >= 0.3 is 0 Å². The smallest absolute Gasteiger partial charge is 0.295 e. The maximum atomic E-state index is 13.1. The van der Waals surface area contributed by atoms with Gasteiger partial charge in [0.25, 0.3) is 11.7 Å². The van der Waals surface area contributed by atoms with Crippen molar-refractivity contribution >= 4 is 17.4 Å². The number of amides is 1. The number of benzene rings is 2. The second-order valence-electron chi connectivity index (χ2n) is 8.63. The summed E-state index contributed by atoms with van der Waals surface area (Å²) in [7, 11) is 3.82. The standard InChI is InChI=1S/C27H34N2O5/c1-6-16-34-21-11-8-19(9-12-21)24-23(26(31)27(32)29(24)15-14-28(4)5)25(30)20-10-13-22(33-7-2)18(3)17-20/h8-13,17,24,30H,6-7,14-16H2,1-5H3/b25-23+. The molecule has 1 atom stereocenters. The average Bonchev–Trinajstić information content (AvgIpc) is 3.07. The van der Waals surface area contributed by atoms with E-state index in [4.69, 9.17) is 9.47 Å². The molecule has 1 saturated heterocycles. The molecule has 0 spiro atoms. The van der Waals surface area contributed by atoms with Crippen LogP contribution in [0.25, 0.3) is 5.76 Å². The number of Topliss-reactive ketones (excluding diaryl/α,β-unsaturated/α-hetero) is 1. The van der Waals surface area contributed by atoms with Crippen LogP contribution in [0.2, 0.25) is 0 Å². The first-order valence-electron chi connectivity index (χ1n) is 11.7. The van der Waals surface area contributed by atoms with Gasteiger partial charge in [-0.05, 0) is 75.8 Å². The van der Waals surface area contributed by atoms with Crippen molar-refractivity contribution in [1.29, 1.82) is 0 Å². The first-order chi connectivity index (χ1) is 16.3. The van der Waals surface area contributed by atoms with Crippen molar-refractivity contribution in [2.75, 3.05) is 40.4 Å². The van der Waals surface area contributed by atoms with Gasteiger partial charge in [0.05, 0.1) is 24.8 Å². The molecular weight excluding hydrogens is 432 g/mol. The second-order valence-corrected chi connectivity index (χ2v) is 8.63. The van der Waals surface area contributed by atoms with Crippen molar-refractivity contribution in [2.24, 2.45) is 0 Å². The van der Waals surface area contributed by atoms with Crippen LogP contribution in [0.5, 0.6) is 11.5 Å². The lowest BCUT2D eigenvalue weighted by atomic mass is 9.94. The minimum Gasteiger partial charge on any atom is -0.507 e. The fourth-order valence-electron chi connectivity index (χ4n) is 4.00. The van der Waals surface area contributed by atoms with Gasteiger partial charge in [0, 0.05) is 18.7 Å². The van der Waals surface area contributed by atoms with E-state index < -0.39 is 17.7 Å². The number of nitrogens with zero attached hydrogens (tertiary/aromatic N) is 2. The minimum absolute atomic E-state index is 0.0922. The van der Waals surface area contributed by atoms with E-state index in [1.165, 1.54) is 4.90 Å². The minimum atomic E-state index is -0.688. The van der Waals surface area contributed by atoms with Crippen molar-refractivity contribution in [2.45, 2.75) is 33.2 Å². The fraction of sp³-hybridized carbons (Fsp3) is 0.407. The number of carbonyl (C=O) groups is 2. The van der Waals surface area contributed by atoms with E-state index in [1.807, 2.05) is 64.0 Å². The van der Waals surface area contributed by atoms with Crippen LogP contribution >= 0.6 is 0 Å². The highest BCUT2D eigenvalue weighted by atomic mass is 16.5. The van der Waals surface area contributed by atoms with Crippen molar-refractivity contribution in [3.05, 3.63) is 64.7 Å². The number of ether oxygens (including phenoxy) is 2. The van der Waals surface area contributed by atoms with E-state index >= 15 is 0 Å². The zero-order valence-corrected chi connectivity index (χ0v) is 20.6. The average molecular weight is 467 g/mol. The molecule has 0 aromatic heterocycles. The molecule has 0 radical (unpaired) electrons. The Morgan fingerprint density at radius 1 is 1.06 bits per heavy atom. The number of aliphatic hydroxyl groups is 1. The van der Waals surface area contributed by atoms with Crippen molar-refractivity contribution in [3.8, 4) is 11.5 Å². The van der Waals surface area contributed by atoms with E-state index in [2.05, 4.69) is 0 Å². The number of likely N-dealkylation sites (N-methyl/N-ethyl adjacent to an activating group) is 1. The van der Waals surface area contributed by atoms with Crippen LogP contribution in [-0.2, 0) is 9.59 Å². The Morgan fingerprint density at radius 3 is 2.35 bits per heavy atom. The van der Waals surface area contributed by atoms with Crippen molar-refractivity contribution in [1.82, 2.24) is 9.80 Å². The topological polar surface area (TPSA) is 79.3 Å². The molecule has 0 bridgehead atoms. The number of rotatable bonds is 10. The second kappa shape index (κ2) is 11.2. The lowest BCUT2D eigenvalue weighted by Gasteiger charge is -2.26. The maximum absolute atomic E-state index is 13.1. The van der Waals surface area contributed by atoms with Crippen LogP contribution in [0.1, 0.15) is 43.0 Å². The van der Waals surface area contributed by atoms with Crippen LogP contribution in [0.3, 0.4) is 0 Å². The number of aliphatic hydroxyl groups excluding tert-OH is 1. The molecule has 2 aromatic rings. The van der Waals surface area contributed by atoms with Crippen LogP contribution in [0.15, 0.2) is 48.0 Å². The highest BCUT2D eigenvalue weighted by Gasteiger charge is 2.45. The molecule has 7 nitrogen and oxygen atoms in total. The lowest BCUT2D eigenvalue weighted by molar-refractivity contribution is -0.140. The molecule has 1 amide bonds. The van der Waals surface area contributed by atoms with Gasteiger partial charge in [-0.15, -0.1) is 0 Å². The number of ketones is 1. The van der Waals surface area contributed by atoms with E-state index in [-0.39, 0.29) is 11.3 Å². The molecule has 2 aromatic carbocycles. The molecule has 7 heteroatoms. The zero-order chi connectivity index (χ0) is 24.8. The Morgan fingerprint density at radius 2 is 1.76 bits per heavy atom. The number of aryl methyl sites for hydroxylation is 1. The largest absolute Gasteiger partial charge is 0.507 e. The van der Waals surface area contributed by atoms with Crippen LogP contribution in [0.4, 0.5) is 0 Å². The molecule has 1 heterocycles. The molecule has 1 aliphatic rings.